The molecule has 0 heterocycles. The fourth-order valence-corrected chi connectivity index (χ4v) is 2.46. The number of ether oxygens (including phenoxy) is 2. The average Bonchev–Trinajstić information content (AvgIpc) is 2.58. The number of hydrogen-bond donors (Lipinski definition) is 1. The molecule has 2 rings (SSSR count). The quantitative estimate of drug-likeness (QED) is 0.580. The number of rotatable bonds is 7. The third-order valence-corrected chi connectivity index (χ3v) is 3.67. The maximum absolute atomic E-state index is 11.7. The van der Waals surface area contributed by atoms with Crippen LogP contribution in [0.4, 0.5) is 0 Å². The molecular weight excluding hydrogens is 328 g/mol. The summed E-state index contributed by atoms with van der Waals surface area (Å²) in [5.41, 5.74) is 1.33. The summed E-state index contributed by atoms with van der Waals surface area (Å²) in [6.45, 7) is 2.59. The van der Waals surface area contributed by atoms with E-state index >= 15 is 0 Å². The third kappa shape index (κ3) is 4.30. The van der Waals surface area contributed by atoms with Gasteiger partial charge in [-0.2, -0.15) is 0 Å². The number of methoxy groups -OCH3 is 1. The molecule has 0 saturated heterocycles. The van der Waals surface area contributed by atoms with Crippen molar-refractivity contribution >= 4 is 29.2 Å². The van der Waals surface area contributed by atoms with Gasteiger partial charge in [0.25, 0.3) is 0 Å². The van der Waals surface area contributed by atoms with Crippen LogP contribution in [0.5, 0.6) is 11.5 Å². The number of hydrogen-bond acceptors (Lipinski definition) is 3. The normalized spacial score (nSPS) is 11.2. The highest BCUT2D eigenvalue weighted by molar-refractivity contribution is 6.32. The summed E-state index contributed by atoms with van der Waals surface area (Å²) in [4.78, 5) is 11.7. The van der Waals surface area contributed by atoms with Crippen molar-refractivity contribution in [3.8, 4) is 11.5 Å². The van der Waals surface area contributed by atoms with Gasteiger partial charge in [0, 0.05) is 5.56 Å². The minimum Gasteiger partial charge on any atom is -0.495 e. The molecule has 0 aliphatic heterocycles. The molecule has 0 atom stereocenters. The summed E-state index contributed by atoms with van der Waals surface area (Å²) < 4.78 is 10.8. The van der Waals surface area contributed by atoms with Gasteiger partial charge in [0.1, 0.15) is 11.5 Å². The van der Waals surface area contributed by atoms with Gasteiger partial charge in [-0.25, -0.2) is 4.79 Å². The molecule has 0 saturated carbocycles. The minimum atomic E-state index is -1.04. The second-order valence-corrected chi connectivity index (χ2v) is 5.51. The molecule has 0 bridgehead atoms. The lowest BCUT2D eigenvalue weighted by atomic mass is 10.0. The van der Waals surface area contributed by atoms with E-state index in [4.69, 9.17) is 21.1 Å². The lowest BCUT2D eigenvalue weighted by molar-refractivity contribution is -0.130. The Morgan fingerprint density at radius 1 is 1.21 bits per heavy atom. The molecular formula is C19H19ClO4. The van der Waals surface area contributed by atoms with E-state index in [1.807, 2.05) is 31.2 Å². The summed E-state index contributed by atoms with van der Waals surface area (Å²) in [6.07, 6.45) is 2.46. The van der Waals surface area contributed by atoms with E-state index in [0.717, 1.165) is 6.42 Å². The smallest absolute Gasteiger partial charge is 0.336 e. The van der Waals surface area contributed by atoms with Crippen molar-refractivity contribution in [2.75, 3.05) is 13.7 Å². The largest absolute Gasteiger partial charge is 0.495 e. The highest BCUT2D eigenvalue weighted by Gasteiger charge is 2.14. The van der Waals surface area contributed by atoms with Crippen LogP contribution in [0.1, 0.15) is 24.5 Å². The van der Waals surface area contributed by atoms with Crippen LogP contribution in [0, 0.1) is 0 Å². The maximum Gasteiger partial charge on any atom is 0.336 e. The first-order valence-corrected chi connectivity index (χ1v) is 7.95. The molecule has 126 valence electrons. The second-order valence-electron chi connectivity index (χ2n) is 5.10. The van der Waals surface area contributed by atoms with Crippen molar-refractivity contribution in [1.82, 2.24) is 0 Å². The Bertz CT molecular complexity index is 753. The molecule has 4 nitrogen and oxygen atoms in total. The highest BCUT2D eigenvalue weighted by Crippen LogP contribution is 2.30. The van der Waals surface area contributed by atoms with Crippen LogP contribution in [0.25, 0.3) is 11.6 Å². The third-order valence-electron chi connectivity index (χ3n) is 3.37. The van der Waals surface area contributed by atoms with E-state index < -0.39 is 5.97 Å². The summed E-state index contributed by atoms with van der Waals surface area (Å²) >= 11 is 6.11. The van der Waals surface area contributed by atoms with Crippen LogP contribution in [-0.2, 0) is 4.79 Å². The van der Waals surface area contributed by atoms with Crippen molar-refractivity contribution in [3.05, 3.63) is 58.6 Å². The Morgan fingerprint density at radius 3 is 2.58 bits per heavy atom. The zero-order valence-corrected chi connectivity index (χ0v) is 14.3. The van der Waals surface area contributed by atoms with Crippen LogP contribution in [0.3, 0.4) is 0 Å². The second kappa shape index (κ2) is 8.41. The molecule has 0 radical (unpaired) electrons. The number of halogens is 1. The van der Waals surface area contributed by atoms with Gasteiger partial charge < -0.3 is 14.6 Å². The SMILES string of the molecule is CCCOc1ccccc1/C=C(\C(=O)O)c1ccc(OC)c(Cl)c1. The number of carboxylic acid groups (broad SMARTS) is 1. The minimum absolute atomic E-state index is 0.132. The first kappa shape index (κ1) is 17.9. The van der Waals surface area contributed by atoms with Crippen LogP contribution in [-0.4, -0.2) is 24.8 Å². The standard InChI is InChI=1S/C19H19ClO4/c1-3-10-24-17-7-5-4-6-14(17)11-15(19(21)22)13-8-9-18(23-2)16(20)12-13/h4-9,11-12H,3,10H2,1-2H3,(H,21,22)/b15-11-. The topological polar surface area (TPSA) is 55.8 Å². The van der Waals surface area contributed by atoms with Gasteiger partial charge >= 0.3 is 5.97 Å². The summed E-state index contributed by atoms with van der Waals surface area (Å²) in [5.74, 6) is 0.107. The molecule has 0 unspecified atom stereocenters. The van der Waals surface area contributed by atoms with E-state index in [0.29, 0.717) is 34.3 Å². The number of benzene rings is 2. The Kier molecular flexibility index (Phi) is 6.27. The fraction of sp³-hybridized carbons (Fsp3) is 0.211. The van der Waals surface area contributed by atoms with Crippen molar-refractivity contribution in [2.45, 2.75) is 13.3 Å². The van der Waals surface area contributed by atoms with Crippen LogP contribution in [0.2, 0.25) is 5.02 Å². The molecule has 0 aromatic heterocycles. The van der Waals surface area contributed by atoms with Crippen molar-refractivity contribution in [2.24, 2.45) is 0 Å². The maximum atomic E-state index is 11.7. The zero-order chi connectivity index (χ0) is 17.5. The number of carboxylic acids is 1. The van der Waals surface area contributed by atoms with Gasteiger partial charge in [-0.15, -0.1) is 0 Å². The molecule has 24 heavy (non-hydrogen) atoms. The van der Waals surface area contributed by atoms with Gasteiger partial charge in [-0.1, -0.05) is 42.8 Å². The summed E-state index contributed by atoms with van der Waals surface area (Å²) in [6, 6.07) is 12.2. The summed E-state index contributed by atoms with van der Waals surface area (Å²) in [5, 5.41) is 9.95. The Hall–Kier alpha value is -2.46. The monoisotopic (exact) mass is 346 g/mol. The number of aliphatic carboxylic acids is 1. The van der Waals surface area contributed by atoms with Gasteiger partial charge in [0.05, 0.1) is 24.3 Å². The highest BCUT2D eigenvalue weighted by atomic mass is 35.5. The van der Waals surface area contributed by atoms with E-state index in [1.165, 1.54) is 7.11 Å². The molecule has 2 aromatic carbocycles. The lowest BCUT2D eigenvalue weighted by Crippen LogP contribution is -2.01. The Morgan fingerprint density at radius 2 is 1.96 bits per heavy atom. The number of carbonyl (C=O) groups is 1. The number of para-hydroxylation sites is 1. The molecule has 0 amide bonds. The molecule has 2 aromatic rings. The zero-order valence-electron chi connectivity index (χ0n) is 13.6. The molecule has 0 spiro atoms. The van der Waals surface area contributed by atoms with Gasteiger partial charge in [0.15, 0.2) is 0 Å². The molecule has 0 aliphatic rings. The van der Waals surface area contributed by atoms with Crippen molar-refractivity contribution in [1.29, 1.82) is 0 Å². The van der Waals surface area contributed by atoms with E-state index in [9.17, 15) is 9.90 Å². The predicted octanol–water partition coefficient (Wildman–Crippen LogP) is 4.76. The van der Waals surface area contributed by atoms with Crippen LogP contribution < -0.4 is 9.47 Å². The van der Waals surface area contributed by atoms with Gasteiger partial charge in [0.2, 0.25) is 0 Å². The molecule has 1 N–H and O–H groups in total. The van der Waals surface area contributed by atoms with E-state index in [1.54, 1.807) is 24.3 Å². The predicted molar refractivity (Wildman–Crippen MR) is 95.7 cm³/mol. The van der Waals surface area contributed by atoms with E-state index in [2.05, 4.69) is 0 Å². The lowest BCUT2D eigenvalue weighted by Gasteiger charge is -2.10. The Balaban J connectivity index is 2.46. The van der Waals surface area contributed by atoms with E-state index in [-0.39, 0.29) is 5.57 Å². The fourth-order valence-electron chi connectivity index (χ4n) is 2.20. The average molecular weight is 347 g/mol. The first-order chi connectivity index (χ1) is 11.6. The summed E-state index contributed by atoms with van der Waals surface area (Å²) in [7, 11) is 1.51. The van der Waals surface area contributed by atoms with Gasteiger partial charge in [-0.3, -0.25) is 0 Å². The Labute approximate surface area is 146 Å². The molecule has 0 aliphatic carbocycles. The van der Waals surface area contributed by atoms with Crippen molar-refractivity contribution in [3.63, 3.8) is 0 Å². The van der Waals surface area contributed by atoms with Crippen LogP contribution in [0.15, 0.2) is 42.5 Å². The van der Waals surface area contributed by atoms with Crippen LogP contribution >= 0.6 is 11.6 Å². The molecule has 5 heteroatoms. The van der Waals surface area contributed by atoms with Gasteiger partial charge in [-0.05, 0) is 36.3 Å². The molecule has 0 fully saturated rings. The van der Waals surface area contributed by atoms with Crippen molar-refractivity contribution < 1.29 is 19.4 Å². The first-order valence-electron chi connectivity index (χ1n) is 7.57.